The smallest absolute Gasteiger partial charge is 0.131 e. The largest absolute Gasteiger partial charge is 0.457 e. The van der Waals surface area contributed by atoms with Crippen LogP contribution in [-0.2, 0) is 5.33 Å². The van der Waals surface area contributed by atoms with Gasteiger partial charge in [-0.05, 0) is 36.8 Å². The zero-order valence-electron chi connectivity index (χ0n) is 9.41. The van der Waals surface area contributed by atoms with Crippen molar-refractivity contribution in [1.29, 1.82) is 0 Å². The van der Waals surface area contributed by atoms with Crippen LogP contribution >= 0.6 is 27.5 Å². The highest BCUT2D eigenvalue weighted by molar-refractivity contribution is 9.08. The lowest BCUT2D eigenvalue weighted by atomic mass is 10.2. The van der Waals surface area contributed by atoms with Crippen LogP contribution in [0.1, 0.15) is 11.1 Å². The summed E-state index contributed by atoms with van der Waals surface area (Å²) >= 11 is 9.39. The summed E-state index contributed by atoms with van der Waals surface area (Å²) in [7, 11) is 0. The minimum absolute atomic E-state index is 0.717. The van der Waals surface area contributed by atoms with Crippen molar-refractivity contribution in [2.75, 3.05) is 0 Å². The van der Waals surface area contributed by atoms with Crippen molar-refractivity contribution >= 4 is 27.5 Å². The van der Waals surface area contributed by atoms with E-state index in [1.807, 2.05) is 49.4 Å². The van der Waals surface area contributed by atoms with Crippen LogP contribution in [-0.4, -0.2) is 0 Å². The Balaban J connectivity index is 2.33. The number of rotatable bonds is 3. The average Bonchev–Trinajstić information content (AvgIpc) is 2.34. The Hall–Kier alpha value is -0.990. The van der Waals surface area contributed by atoms with Crippen LogP contribution in [0.2, 0.25) is 5.02 Å². The highest BCUT2D eigenvalue weighted by Gasteiger charge is 2.06. The van der Waals surface area contributed by atoms with Gasteiger partial charge in [0.15, 0.2) is 0 Å². The highest BCUT2D eigenvalue weighted by atomic mass is 79.9. The molecule has 0 N–H and O–H groups in total. The molecule has 0 fully saturated rings. The lowest BCUT2D eigenvalue weighted by Crippen LogP contribution is -1.91. The number of hydrogen-bond acceptors (Lipinski definition) is 1. The Labute approximate surface area is 115 Å². The van der Waals surface area contributed by atoms with E-state index in [-0.39, 0.29) is 0 Å². The van der Waals surface area contributed by atoms with E-state index in [4.69, 9.17) is 16.3 Å². The molecule has 0 heterocycles. The maximum absolute atomic E-state index is 5.95. The Morgan fingerprint density at radius 3 is 2.59 bits per heavy atom. The molecule has 0 amide bonds. The van der Waals surface area contributed by atoms with E-state index in [9.17, 15) is 0 Å². The van der Waals surface area contributed by atoms with Gasteiger partial charge >= 0.3 is 0 Å². The molecule has 0 aliphatic carbocycles. The quantitative estimate of drug-likeness (QED) is 0.696. The number of aryl methyl sites for hydroxylation is 1. The van der Waals surface area contributed by atoms with Gasteiger partial charge in [0.1, 0.15) is 11.5 Å². The Morgan fingerprint density at radius 2 is 1.88 bits per heavy atom. The summed E-state index contributed by atoms with van der Waals surface area (Å²) < 4.78 is 5.90. The lowest BCUT2D eigenvalue weighted by molar-refractivity contribution is 0.475. The molecule has 2 aromatic carbocycles. The first-order valence-corrected chi connectivity index (χ1v) is 6.78. The third-order valence-corrected chi connectivity index (χ3v) is 3.32. The number of hydrogen-bond donors (Lipinski definition) is 0. The van der Waals surface area contributed by atoms with Crippen LogP contribution < -0.4 is 4.74 Å². The first-order chi connectivity index (χ1) is 8.20. The van der Waals surface area contributed by atoms with E-state index in [2.05, 4.69) is 15.9 Å². The first kappa shape index (κ1) is 12.5. The van der Waals surface area contributed by atoms with E-state index in [0.29, 0.717) is 0 Å². The number of para-hydroxylation sites is 1. The summed E-state index contributed by atoms with van der Waals surface area (Å²) in [5, 5.41) is 1.44. The summed E-state index contributed by atoms with van der Waals surface area (Å²) in [6.45, 7) is 2.03. The van der Waals surface area contributed by atoms with Gasteiger partial charge in [0, 0.05) is 15.9 Å². The fraction of sp³-hybridized carbons (Fsp3) is 0.143. The van der Waals surface area contributed by atoms with Gasteiger partial charge in [-0.25, -0.2) is 0 Å². The molecule has 0 unspecified atom stereocenters. The fourth-order valence-corrected chi connectivity index (χ4v) is 2.17. The topological polar surface area (TPSA) is 9.23 Å². The van der Waals surface area contributed by atoms with Gasteiger partial charge in [-0.1, -0.05) is 45.7 Å². The summed E-state index contributed by atoms with van der Waals surface area (Å²) in [6, 6.07) is 13.6. The van der Waals surface area contributed by atoms with Crippen molar-refractivity contribution < 1.29 is 4.74 Å². The molecule has 0 saturated carbocycles. The zero-order chi connectivity index (χ0) is 12.3. The second-order valence-electron chi connectivity index (χ2n) is 3.75. The SMILES string of the molecule is Cc1ccccc1Oc1ccc(Cl)cc1CBr. The van der Waals surface area contributed by atoms with Gasteiger partial charge in [-0.3, -0.25) is 0 Å². The van der Waals surface area contributed by atoms with Gasteiger partial charge in [0.25, 0.3) is 0 Å². The van der Waals surface area contributed by atoms with Crippen LogP contribution in [0.5, 0.6) is 11.5 Å². The second kappa shape index (κ2) is 5.56. The molecule has 0 aliphatic heterocycles. The first-order valence-electron chi connectivity index (χ1n) is 5.28. The molecule has 0 atom stereocenters. The van der Waals surface area contributed by atoms with Crippen LogP contribution in [0.15, 0.2) is 42.5 Å². The molecule has 88 valence electrons. The predicted molar refractivity (Wildman–Crippen MR) is 75.3 cm³/mol. The standard InChI is InChI=1S/C14H12BrClO/c1-10-4-2-3-5-13(10)17-14-7-6-12(16)8-11(14)9-15/h2-8H,9H2,1H3. The Morgan fingerprint density at radius 1 is 1.12 bits per heavy atom. The minimum atomic E-state index is 0.717. The van der Waals surface area contributed by atoms with E-state index in [0.717, 1.165) is 33.0 Å². The molecular weight excluding hydrogens is 300 g/mol. The number of halogens is 2. The molecule has 0 bridgehead atoms. The molecule has 3 heteroatoms. The highest BCUT2D eigenvalue weighted by Crippen LogP contribution is 2.30. The van der Waals surface area contributed by atoms with Gasteiger partial charge in [0.2, 0.25) is 0 Å². The van der Waals surface area contributed by atoms with Gasteiger partial charge in [0.05, 0.1) is 0 Å². The molecular formula is C14H12BrClO. The average molecular weight is 312 g/mol. The zero-order valence-corrected chi connectivity index (χ0v) is 11.8. The summed E-state index contributed by atoms with van der Waals surface area (Å²) in [6.07, 6.45) is 0. The molecule has 0 aromatic heterocycles. The normalized spacial score (nSPS) is 10.3. The third-order valence-electron chi connectivity index (χ3n) is 2.48. The molecule has 17 heavy (non-hydrogen) atoms. The van der Waals surface area contributed by atoms with Crippen molar-refractivity contribution in [1.82, 2.24) is 0 Å². The third kappa shape index (κ3) is 3.02. The van der Waals surface area contributed by atoms with Crippen molar-refractivity contribution in [3.8, 4) is 11.5 Å². The summed E-state index contributed by atoms with van der Waals surface area (Å²) in [4.78, 5) is 0. The summed E-state index contributed by atoms with van der Waals surface area (Å²) in [5.74, 6) is 1.71. The van der Waals surface area contributed by atoms with Crippen LogP contribution in [0.3, 0.4) is 0 Å². The van der Waals surface area contributed by atoms with Crippen LogP contribution in [0.4, 0.5) is 0 Å². The molecule has 0 radical (unpaired) electrons. The number of benzene rings is 2. The molecule has 1 nitrogen and oxygen atoms in total. The van der Waals surface area contributed by atoms with Gasteiger partial charge < -0.3 is 4.74 Å². The maximum Gasteiger partial charge on any atom is 0.131 e. The molecule has 2 aromatic rings. The minimum Gasteiger partial charge on any atom is -0.457 e. The van der Waals surface area contributed by atoms with Crippen molar-refractivity contribution in [3.63, 3.8) is 0 Å². The molecule has 0 aliphatic rings. The van der Waals surface area contributed by atoms with Crippen molar-refractivity contribution in [2.45, 2.75) is 12.3 Å². The molecule has 0 saturated heterocycles. The number of ether oxygens (including phenoxy) is 1. The van der Waals surface area contributed by atoms with Crippen LogP contribution in [0, 0.1) is 6.92 Å². The summed E-state index contributed by atoms with van der Waals surface area (Å²) in [5.41, 5.74) is 2.16. The monoisotopic (exact) mass is 310 g/mol. The molecule has 0 spiro atoms. The lowest BCUT2D eigenvalue weighted by Gasteiger charge is -2.11. The van der Waals surface area contributed by atoms with E-state index >= 15 is 0 Å². The predicted octanol–water partition coefficient (Wildman–Crippen LogP) is 5.34. The second-order valence-corrected chi connectivity index (χ2v) is 4.75. The van der Waals surface area contributed by atoms with Gasteiger partial charge in [-0.2, -0.15) is 0 Å². The number of alkyl halides is 1. The van der Waals surface area contributed by atoms with E-state index < -0.39 is 0 Å². The fourth-order valence-electron chi connectivity index (χ4n) is 1.54. The Kier molecular flexibility index (Phi) is 4.08. The maximum atomic E-state index is 5.95. The van der Waals surface area contributed by atoms with Crippen LogP contribution in [0.25, 0.3) is 0 Å². The van der Waals surface area contributed by atoms with E-state index in [1.54, 1.807) is 0 Å². The molecule has 2 rings (SSSR count). The van der Waals surface area contributed by atoms with Crippen molar-refractivity contribution in [3.05, 3.63) is 58.6 Å². The Bertz CT molecular complexity index is 525. The van der Waals surface area contributed by atoms with E-state index in [1.165, 1.54) is 0 Å². The van der Waals surface area contributed by atoms with Gasteiger partial charge in [-0.15, -0.1) is 0 Å². The van der Waals surface area contributed by atoms with Crippen molar-refractivity contribution in [2.24, 2.45) is 0 Å².